The molecular formula is C13H15BrFNO. The fourth-order valence-corrected chi connectivity index (χ4v) is 2.29. The molecule has 1 fully saturated rings. The maximum Gasteiger partial charge on any atom is 0.227 e. The smallest absolute Gasteiger partial charge is 0.227 e. The predicted octanol–water partition coefficient (Wildman–Crippen LogP) is 2.75. The van der Waals surface area contributed by atoms with Crippen molar-refractivity contribution in [1.29, 1.82) is 0 Å². The molecule has 0 saturated heterocycles. The predicted molar refractivity (Wildman–Crippen MR) is 68.6 cm³/mol. The van der Waals surface area contributed by atoms with Crippen molar-refractivity contribution in [1.82, 2.24) is 4.90 Å². The summed E-state index contributed by atoms with van der Waals surface area (Å²) >= 11 is 3.36. The van der Waals surface area contributed by atoms with E-state index >= 15 is 0 Å². The van der Waals surface area contributed by atoms with E-state index in [1.165, 1.54) is 12.1 Å². The standard InChI is InChI=1S/C13H15BrFNO/c14-6-7-16(12-4-5-12)13(17)9-10-2-1-3-11(15)8-10/h1-3,8,12H,4-7,9H2. The summed E-state index contributed by atoms with van der Waals surface area (Å²) in [6.45, 7) is 0.735. The highest BCUT2D eigenvalue weighted by molar-refractivity contribution is 9.09. The largest absolute Gasteiger partial charge is 0.339 e. The van der Waals surface area contributed by atoms with Crippen LogP contribution in [0.2, 0.25) is 0 Å². The first-order valence-corrected chi connectivity index (χ1v) is 6.92. The maximum atomic E-state index is 13.0. The lowest BCUT2D eigenvalue weighted by molar-refractivity contribution is -0.130. The van der Waals surface area contributed by atoms with Gasteiger partial charge in [-0.1, -0.05) is 28.1 Å². The van der Waals surface area contributed by atoms with Gasteiger partial charge < -0.3 is 4.90 Å². The van der Waals surface area contributed by atoms with Crippen LogP contribution in [-0.2, 0) is 11.2 Å². The van der Waals surface area contributed by atoms with Gasteiger partial charge in [-0.25, -0.2) is 4.39 Å². The van der Waals surface area contributed by atoms with Crippen molar-refractivity contribution in [3.05, 3.63) is 35.6 Å². The lowest BCUT2D eigenvalue weighted by atomic mass is 10.1. The van der Waals surface area contributed by atoms with Gasteiger partial charge in [0.05, 0.1) is 6.42 Å². The Hall–Kier alpha value is -0.900. The normalized spacial score (nSPS) is 14.7. The number of carbonyl (C=O) groups excluding carboxylic acids is 1. The van der Waals surface area contributed by atoms with E-state index in [1.54, 1.807) is 12.1 Å². The molecule has 1 aromatic carbocycles. The van der Waals surface area contributed by atoms with Crippen LogP contribution in [0.5, 0.6) is 0 Å². The number of benzene rings is 1. The third-order valence-corrected chi connectivity index (χ3v) is 3.23. The summed E-state index contributed by atoms with van der Waals surface area (Å²) in [7, 11) is 0. The van der Waals surface area contributed by atoms with Gasteiger partial charge in [0.15, 0.2) is 0 Å². The Labute approximate surface area is 109 Å². The summed E-state index contributed by atoms with van der Waals surface area (Å²) in [4.78, 5) is 14.0. The molecule has 4 heteroatoms. The summed E-state index contributed by atoms with van der Waals surface area (Å²) in [5.74, 6) is -0.189. The molecule has 1 saturated carbocycles. The van der Waals surface area contributed by atoms with Gasteiger partial charge in [0, 0.05) is 17.9 Å². The maximum absolute atomic E-state index is 13.0. The minimum absolute atomic E-state index is 0.0950. The summed E-state index contributed by atoms with van der Waals surface area (Å²) in [5.41, 5.74) is 0.746. The Morgan fingerprint density at radius 2 is 2.24 bits per heavy atom. The molecule has 92 valence electrons. The third kappa shape index (κ3) is 3.53. The van der Waals surface area contributed by atoms with Gasteiger partial charge in [-0.2, -0.15) is 0 Å². The zero-order valence-electron chi connectivity index (χ0n) is 9.53. The van der Waals surface area contributed by atoms with E-state index in [1.807, 2.05) is 4.90 Å². The molecule has 1 aliphatic carbocycles. The van der Waals surface area contributed by atoms with Gasteiger partial charge in [-0.3, -0.25) is 4.79 Å². The lowest BCUT2D eigenvalue weighted by Gasteiger charge is -2.21. The molecule has 0 N–H and O–H groups in total. The van der Waals surface area contributed by atoms with Crippen molar-refractivity contribution >= 4 is 21.8 Å². The molecule has 0 atom stereocenters. The highest BCUT2D eigenvalue weighted by Crippen LogP contribution is 2.27. The number of nitrogens with zero attached hydrogens (tertiary/aromatic N) is 1. The van der Waals surface area contributed by atoms with E-state index in [-0.39, 0.29) is 11.7 Å². The zero-order valence-corrected chi connectivity index (χ0v) is 11.1. The van der Waals surface area contributed by atoms with E-state index in [0.717, 1.165) is 30.3 Å². The molecule has 2 nitrogen and oxygen atoms in total. The molecule has 0 heterocycles. The van der Waals surface area contributed by atoms with E-state index in [2.05, 4.69) is 15.9 Å². The number of amides is 1. The Balaban J connectivity index is 1.99. The van der Waals surface area contributed by atoms with Crippen LogP contribution in [0, 0.1) is 5.82 Å². The van der Waals surface area contributed by atoms with E-state index in [0.29, 0.717) is 12.5 Å². The van der Waals surface area contributed by atoms with Crippen LogP contribution in [0.15, 0.2) is 24.3 Å². The Morgan fingerprint density at radius 1 is 1.47 bits per heavy atom. The van der Waals surface area contributed by atoms with Crippen LogP contribution in [0.25, 0.3) is 0 Å². The number of hydrogen-bond donors (Lipinski definition) is 0. The lowest BCUT2D eigenvalue weighted by Crippen LogP contribution is -2.35. The highest BCUT2D eigenvalue weighted by atomic mass is 79.9. The first-order chi connectivity index (χ1) is 8.20. The molecule has 0 unspecified atom stereocenters. The Bertz CT molecular complexity index is 406. The highest BCUT2D eigenvalue weighted by Gasteiger charge is 2.31. The van der Waals surface area contributed by atoms with Gasteiger partial charge in [0.2, 0.25) is 5.91 Å². The first-order valence-electron chi connectivity index (χ1n) is 5.80. The van der Waals surface area contributed by atoms with Gasteiger partial charge in [-0.05, 0) is 30.5 Å². The molecule has 2 rings (SSSR count). The fraction of sp³-hybridized carbons (Fsp3) is 0.462. The summed E-state index contributed by atoms with van der Waals surface area (Å²) in [6.07, 6.45) is 2.49. The average Bonchev–Trinajstić information content (AvgIpc) is 3.09. The summed E-state index contributed by atoms with van der Waals surface area (Å²) < 4.78 is 13.0. The summed E-state index contributed by atoms with van der Waals surface area (Å²) in [5, 5.41) is 0.790. The second-order valence-electron chi connectivity index (χ2n) is 4.31. The van der Waals surface area contributed by atoms with Crippen molar-refractivity contribution in [2.24, 2.45) is 0 Å². The van der Waals surface area contributed by atoms with Crippen molar-refractivity contribution in [2.45, 2.75) is 25.3 Å². The van der Waals surface area contributed by atoms with Gasteiger partial charge in [-0.15, -0.1) is 0 Å². The van der Waals surface area contributed by atoms with Crippen LogP contribution in [0.1, 0.15) is 18.4 Å². The molecule has 0 bridgehead atoms. The van der Waals surface area contributed by atoms with E-state index in [9.17, 15) is 9.18 Å². The minimum Gasteiger partial charge on any atom is -0.339 e. The van der Waals surface area contributed by atoms with Gasteiger partial charge in [0.1, 0.15) is 5.82 Å². The Kier molecular flexibility index (Phi) is 4.15. The van der Waals surface area contributed by atoms with Crippen molar-refractivity contribution in [3.63, 3.8) is 0 Å². The quantitative estimate of drug-likeness (QED) is 0.766. The molecule has 0 aromatic heterocycles. The molecule has 17 heavy (non-hydrogen) atoms. The number of alkyl halides is 1. The van der Waals surface area contributed by atoms with E-state index < -0.39 is 0 Å². The van der Waals surface area contributed by atoms with Gasteiger partial charge in [0.25, 0.3) is 0 Å². The molecule has 0 aliphatic heterocycles. The Morgan fingerprint density at radius 3 is 2.82 bits per heavy atom. The molecule has 0 spiro atoms. The summed E-state index contributed by atoms with van der Waals surface area (Å²) in [6, 6.07) is 6.67. The molecule has 1 amide bonds. The molecular weight excluding hydrogens is 285 g/mol. The average molecular weight is 300 g/mol. The SMILES string of the molecule is O=C(Cc1cccc(F)c1)N(CCBr)C1CC1. The minimum atomic E-state index is -0.284. The topological polar surface area (TPSA) is 20.3 Å². The molecule has 1 aliphatic rings. The van der Waals surface area contributed by atoms with Crippen molar-refractivity contribution in [2.75, 3.05) is 11.9 Å². The monoisotopic (exact) mass is 299 g/mol. The number of hydrogen-bond acceptors (Lipinski definition) is 1. The van der Waals surface area contributed by atoms with Crippen LogP contribution in [-0.4, -0.2) is 28.7 Å². The van der Waals surface area contributed by atoms with Crippen LogP contribution >= 0.6 is 15.9 Å². The van der Waals surface area contributed by atoms with Gasteiger partial charge >= 0.3 is 0 Å². The fourth-order valence-electron chi connectivity index (χ4n) is 1.91. The molecule has 1 aromatic rings. The number of rotatable bonds is 5. The third-order valence-electron chi connectivity index (χ3n) is 2.88. The van der Waals surface area contributed by atoms with Crippen LogP contribution < -0.4 is 0 Å². The van der Waals surface area contributed by atoms with Crippen LogP contribution in [0.3, 0.4) is 0 Å². The second kappa shape index (κ2) is 5.63. The van der Waals surface area contributed by atoms with E-state index in [4.69, 9.17) is 0 Å². The van der Waals surface area contributed by atoms with Crippen molar-refractivity contribution < 1.29 is 9.18 Å². The number of halogens is 2. The van der Waals surface area contributed by atoms with Crippen LogP contribution in [0.4, 0.5) is 4.39 Å². The first kappa shape index (κ1) is 12.6. The second-order valence-corrected chi connectivity index (χ2v) is 5.11. The number of carbonyl (C=O) groups is 1. The van der Waals surface area contributed by atoms with Crippen molar-refractivity contribution in [3.8, 4) is 0 Å². The molecule has 0 radical (unpaired) electrons. The zero-order chi connectivity index (χ0) is 12.3.